The van der Waals surface area contributed by atoms with E-state index in [1.165, 1.54) is 22.8 Å². The number of anilines is 1. The molecule has 0 spiro atoms. The SMILES string of the molecule is CCn1c(-c2cc(N3CCN(C4CC4)CC3)cnc2[C@H](C)OC)c2c3cc(ccc31)-c1cc3cc(c1)C[C@H](NC(=O)[C@H](C(C)C)N(C)C(=O)[C@H]1CCCN(C(C)=O)N1CC3)C(=O)N1CCC[C@H](N1)C(=O)OCC(C)(C)C2. The second-order valence-electron chi connectivity index (χ2n) is 23.5. The summed E-state index contributed by atoms with van der Waals surface area (Å²) in [6.45, 7) is 19.8. The molecule has 17 nitrogen and oxygen atoms in total. The van der Waals surface area contributed by atoms with Gasteiger partial charge >= 0.3 is 5.97 Å². The predicted molar refractivity (Wildman–Crippen MR) is 293 cm³/mol. The number of cyclic esters (lactones) is 1. The summed E-state index contributed by atoms with van der Waals surface area (Å²) >= 11 is 0. The number of piperazine rings is 1. The molecule has 0 radical (unpaired) electrons. The van der Waals surface area contributed by atoms with E-state index < -0.39 is 41.5 Å². The van der Waals surface area contributed by atoms with Gasteiger partial charge in [0.1, 0.15) is 24.2 Å². The third-order valence-corrected chi connectivity index (χ3v) is 17.0. The maximum absolute atomic E-state index is 15.0. The minimum atomic E-state index is -1.05. The van der Waals surface area contributed by atoms with Gasteiger partial charge in [0.05, 0.1) is 36.0 Å². The first-order valence-corrected chi connectivity index (χ1v) is 28.1. The molecule has 5 atom stereocenters. The van der Waals surface area contributed by atoms with Crippen LogP contribution in [0.5, 0.6) is 0 Å². The van der Waals surface area contributed by atoms with Crippen LogP contribution in [0.15, 0.2) is 48.7 Å². The van der Waals surface area contributed by atoms with Crippen molar-refractivity contribution in [2.24, 2.45) is 11.3 Å². The number of hydrogen-bond donors (Lipinski definition) is 2. The highest BCUT2D eigenvalue weighted by molar-refractivity contribution is 5.96. The van der Waals surface area contributed by atoms with Gasteiger partial charge in [0.25, 0.3) is 5.91 Å². The van der Waals surface area contributed by atoms with Crippen LogP contribution in [0.1, 0.15) is 115 Å². The van der Waals surface area contributed by atoms with Gasteiger partial charge in [-0.3, -0.25) is 43.9 Å². The number of nitrogens with one attached hydrogen (secondary N) is 2. The summed E-state index contributed by atoms with van der Waals surface area (Å²) in [5.41, 5.74) is 12.6. The lowest BCUT2D eigenvalue weighted by molar-refractivity contribution is -0.168. The predicted octanol–water partition coefficient (Wildman–Crippen LogP) is 6.30. The average Bonchev–Trinajstić information content (AvgIpc) is 4.29. The lowest BCUT2D eigenvalue weighted by Crippen LogP contribution is -2.64. The van der Waals surface area contributed by atoms with E-state index in [-0.39, 0.29) is 42.8 Å². The van der Waals surface area contributed by atoms with E-state index in [2.05, 4.69) is 95.3 Å². The van der Waals surface area contributed by atoms with Crippen molar-refractivity contribution in [3.05, 3.63) is 71.0 Å². The number of hydrogen-bond acceptors (Lipinski definition) is 12. The molecule has 0 unspecified atom stereocenters. The van der Waals surface area contributed by atoms with Crippen molar-refractivity contribution < 1.29 is 33.4 Å². The molecule has 6 aliphatic rings. The average molecular weight is 1040 g/mol. The van der Waals surface area contributed by atoms with Crippen molar-refractivity contribution in [2.75, 3.05) is 71.5 Å². The maximum Gasteiger partial charge on any atom is 0.324 e. The van der Waals surface area contributed by atoms with Crippen LogP contribution in [0.4, 0.5) is 5.69 Å². The zero-order chi connectivity index (χ0) is 53.7. The number of pyridine rings is 1. The summed E-state index contributed by atoms with van der Waals surface area (Å²) in [7, 11) is 3.38. The molecule has 76 heavy (non-hydrogen) atoms. The Balaban J connectivity index is 1.16. The van der Waals surface area contributed by atoms with Crippen LogP contribution in [-0.4, -0.2) is 161 Å². The Morgan fingerprint density at radius 2 is 1.62 bits per heavy atom. The number of ether oxygens (including phenoxy) is 2. The number of aryl methyl sites for hydroxylation is 1. The standard InChI is InChI=1S/C59H80N10O7/c1-10-66-50-18-15-41-31-45(50)47(54(66)46-32-44(34-60-52(46)37(4)75-9)65-25-23-64(24-26-65)43-16-17-43)33-59(6,7)35-76-58(74)48-13-11-20-67(62-48)56(72)49-30-40-27-39(28-42(41)29-40)19-22-69-51(14-12-21-68(69)38(5)70)57(73)63(8)53(36(2)3)55(71)61-49/h15,18,27-29,31-32,34,36-37,43,48-49,51,53,62H,10-14,16-17,19-26,30,33,35H2,1-9H3,(H,61,71)/t37-,48-,49-,51+,53-/m0/s1. The van der Waals surface area contributed by atoms with Crippen LogP contribution in [0, 0.1) is 11.3 Å². The quantitative estimate of drug-likeness (QED) is 0.199. The molecule has 17 heteroatoms. The van der Waals surface area contributed by atoms with Crippen molar-refractivity contribution in [2.45, 2.75) is 149 Å². The first-order valence-electron chi connectivity index (χ1n) is 28.1. The van der Waals surface area contributed by atoms with Crippen molar-refractivity contribution in [1.82, 2.24) is 45.1 Å². The highest BCUT2D eigenvalue weighted by atomic mass is 16.5. The van der Waals surface area contributed by atoms with Gasteiger partial charge in [-0.2, -0.15) is 0 Å². The van der Waals surface area contributed by atoms with Gasteiger partial charge in [0.2, 0.25) is 17.7 Å². The third kappa shape index (κ3) is 10.7. The van der Waals surface area contributed by atoms with E-state index >= 15 is 4.79 Å². The van der Waals surface area contributed by atoms with E-state index in [0.717, 1.165) is 93.6 Å². The minimum absolute atomic E-state index is 0.132. The van der Waals surface area contributed by atoms with Crippen molar-refractivity contribution in [3.63, 3.8) is 0 Å². The molecule has 2 aromatic carbocycles. The molecule has 5 aliphatic heterocycles. The molecule has 2 N–H and O–H groups in total. The molecule has 2 aromatic heterocycles. The smallest absolute Gasteiger partial charge is 0.324 e. The van der Waals surface area contributed by atoms with Crippen LogP contribution in [0.2, 0.25) is 0 Å². The Morgan fingerprint density at radius 3 is 2.33 bits per heavy atom. The van der Waals surface area contributed by atoms with Crippen LogP contribution in [-0.2, 0) is 59.3 Å². The zero-order valence-electron chi connectivity index (χ0n) is 46.3. The first kappa shape index (κ1) is 53.5. The summed E-state index contributed by atoms with van der Waals surface area (Å²) in [6.07, 6.45) is 7.71. The van der Waals surface area contributed by atoms with E-state index in [0.29, 0.717) is 64.7 Å². The van der Waals surface area contributed by atoms with Crippen LogP contribution < -0.4 is 15.6 Å². The number of aromatic nitrogens is 2. The summed E-state index contributed by atoms with van der Waals surface area (Å²) in [5.74, 6) is -1.96. The molecule has 408 valence electrons. The summed E-state index contributed by atoms with van der Waals surface area (Å²) < 4.78 is 14.7. The molecule has 1 aliphatic carbocycles. The van der Waals surface area contributed by atoms with Gasteiger partial charge in [-0.1, -0.05) is 52.0 Å². The van der Waals surface area contributed by atoms with Gasteiger partial charge in [0.15, 0.2) is 0 Å². The highest BCUT2D eigenvalue weighted by Gasteiger charge is 2.43. The first-order chi connectivity index (χ1) is 36.4. The van der Waals surface area contributed by atoms with Gasteiger partial charge in [-0.15, -0.1) is 0 Å². The number of amides is 4. The number of benzene rings is 2. The topological polar surface area (TPSA) is 165 Å². The number of likely N-dealkylation sites (N-methyl/N-ethyl adjacent to an activating group) is 1. The van der Waals surface area contributed by atoms with Gasteiger partial charge in [0, 0.05) is 108 Å². The summed E-state index contributed by atoms with van der Waals surface area (Å²) in [6, 6.07) is 12.7. The minimum Gasteiger partial charge on any atom is -0.464 e. The molecule has 8 bridgehead atoms. The molecular formula is C59H80N10O7. The Hall–Kier alpha value is -5.88. The Kier molecular flexibility index (Phi) is 15.4. The van der Waals surface area contributed by atoms with E-state index in [1.807, 2.05) is 25.1 Å². The normalized spacial score (nSPS) is 24.9. The van der Waals surface area contributed by atoms with Crippen LogP contribution in [0.25, 0.3) is 33.3 Å². The van der Waals surface area contributed by atoms with Crippen molar-refractivity contribution in [1.29, 1.82) is 0 Å². The lowest BCUT2D eigenvalue weighted by Gasteiger charge is -2.45. The number of carbonyl (C=O) groups excluding carboxylic acids is 5. The molecule has 4 fully saturated rings. The molecule has 1 saturated carbocycles. The highest BCUT2D eigenvalue weighted by Crippen LogP contribution is 2.44. The second-order valence-corrected chi connectivity index (χ2v) is 23.5. The maximum atomic E-state index is 15.0. The molecule has 3 saturated heterocycles. The van der Waals surface area contributed by atoms with Gasteiger partial charge in [-0.05, 0) is 117 Å². The molecule has 4 amide bonds. The molecule has 7 heterocycles. The fourth-order valence-corrected chi connectivity index (χ4v) is 12.8. The van der Waals surface area contributed by atoms with Crippen LogP contribution in [0.3, 0.4) is 0 Å². The Bertz CT molecular complexity index is 2870. The molecule has 10 rings (SSSR count). The number of nitrogens with zero attached hydrogens (tertiary/aromatic N) is 8. The third-order valence-electron chi connectivity index (χ3n) is 17.0. The second kappa shape index (κ2) is 21.9. The monoisotopic (exact) mass is 1040 g/mol. The number of esters is 1. The number of fused-ring (bicyclic) bond motifs is 8. The Morgan fingerprint density at radius 1 is 0.868 bits per heavy atom. The summed E-state index contributed by atoms with van der Waals surface area (Å²) in [5, 5.41) is 9.31. The summed E-state index contributed by atoms with van der Waals surface area (Å²) in [4.78, 5) is 83.9. The number of hydrazine groups is 2. The fraction of sp³-hybridized carbons (Fsp3) is 0.593. The largest absolute Gasteiger partial charge is 0.464 e. The van der Waals surface area contributed by atoms with E-state index in [9.17, 15) is 19.2 Å². The molecular weight excluding hydrogens is 961 g/mol. The van der Waals surface area contributed by atoms with Crippen LogP contribution >= 0.6 is 0 Å². The van der Waals surface area contributed by atoms with Crippen molar-refractivity contribution in [3.8, 4) is 22.4 Å². The van der Waals surface area contributed by atoms with E-state index in [4.69, 9.17) is 14.5 Å². The van der Waals surface area contributed by atoms with Gasteiger partial charge in [-0.25, -0.2) is 10.4 Å². The zero-order valence-corrected chi connectivity index (χ0v) is 46.3. The van der Waals surface area contributed by atoms with Gasteiger partial charge < -0.3 is 29.2 Å². The number of rotatable bonds is 7. The number of carbonyl (C=O) groups is 5. The fourth-order valence-electron chi connectivity index (χ4n) is 12.8. The van der Waals surface area contributed by atoms with Crippen molar-refractivity contribution >= 4 is 46.2 Å². The Labute approximate surface area is 448 Å². The van der Waals surface area contributed by atoms with E-state index in [1.54, 1.807) is 26.1 Å². The molecule has 4 aromatic rings. The lowest BCUT2D eigenvalue weighted by atomic mass is 9.84. The number of methoxy groups -OCH3 is 1.